The van der Waals surface area contributed by atoms with Gasteiger partial charge < -0.3 is 10.1 Å². The zero-order valence-corrected chi connectivity index (χ0v) is 12.0. The Morgan fingerprint density at radius 3 is 2.84 bits per heavy atom. The fourth-order valence-electron chi connectivity index (χ4n) is 2.40. The zero-order chi connectivity index (χ0) is 13.5. The van der Waals surface area contributed by atoms with Gasteiger partial charge in [-0.1, -0.05) is 18.2 Å². The molecule has 1 N–H and O–H groups in total. The topological polar surface area (TPSA) is 24.5 Å². The maximum Gasteiger partial charge on any atom is 0.0645 e. The van der Waals surface area contributed by atoms with Gasteiger partial charge in [0.2, 0.25) is 0 Å². The summed E-state index contributed by atoms with van der Waals surface area (Å²) in [6, 6.07) is 0.719. The third kappa shape index (κ3) is 4.51. The van der Waals surface area contributed by atoms with Gasteiger partial charge in [-0.3, -0.25) is 4.90 Å². The molecule has 0 aromatic rings. The van der Waals surface area contributed by atoms with Crippen LogP contribution in [0.2, 0.25) is 0 Å². The number of ether oxygens (including phenoxy) is 1. The molecule has 19 heavy (non-hydrogen) atoms. The quantitative estimate of drug-likeness (QED) is 0.413. The Bertz CT molecular complexity index is 339. The summed E-state index contributed by atoms with van der Waals surface area (Å²) in [5.41, 5.74) is 1.22. The fraction of sp³-hybridized carbons (Fsp3) is 0.625. The molecule has 0 aromatic carbocycles. The molecule has 0 atom stereocenters. The van der Waals surface area contributed by atoms with Crippen LogP contribution in [0, 0.1) is 5.92 Å². The van der Waals surface area contributed by atoms with Crippen LogP contribution < -0.4 is 5.32 Å². The van der Waals surface area contributed by atoms with Gasteiger partial charge in [0.15, 0.2) is 0 Å². The summed E-state index contributed by atoms with van der Waals surface area (Å²) in [7, 11) is 0. The molecule has 106 valence electrons. The lowest BCUT2D eigenvalue weighted by atomic mass is 9.93. The molecule has 2 saturated heterocycles. The minimum Gasteiger partial charge on any atom is -0.388 e. The van der Waals surface area contributed by atoms with Gasteiger partial charge in [-0.05, 0) is 31.8 Å². The van der Waals surface area contributed by atoms with E-state index in [-0.39, 0.29) is 0 Å². The summed E-state index contributed by atoms with van der Waals surface area (Å²) in [5.74, 6) is 0.847. The number of hydrogen-bond donors (Lipinski definition) is 1. The second-order valence-electron chi connectivity index (χ2n) is 5.53. The molecule has 2 rings (SSSR count). The second-order valence-corrected chi connectivity index (χ2v) is 5.53. The van der Waals surface area contributed by atoms with E-state index in [9.17, 15) is 0 Å². The van der Waals surface area contributed by atoms with Gasteiger partial charge in [-0.15, -0.1) is 6.58 Å². The number of nitrogens with zero attached hydrogens (tertiary/aromatic N) is 1. The van der Waals surface area contributed by atoms with Gasteiger partial charge in [-0.2, -0.15) is 0 Å². The number of allylic oxidation sites excluding steroid dienone is 4. The van der Waals surface area contributed by atoms with Gasteiger partial charge in [-0.25, -0.2) is 0 Å². The van der Waals surface area contributed by atoms with E-state index in [1.807, 2.05) is 6.08 Å². The number of likely N-dealkylation sites (tertiary alicyclic amines) is 1. The van der Waals surface area contributed by atoms with E-state index >= 15 is 0 Å². The zero-order valence-electron chi connectivity index (χ0n) is 12.0. The van der Waals surface area contributed by atoms with Crippen molar-refractivity contribution < 1.29 is 4.74 Å². The lowest BCUT2D eigenvalue weighted by Gasteiger charge is -2.47. The molecule has 3 nitrogen and oxygen atoms in total. The average molecular weight is 262 g/mol. The second kappa shape index (κ2) is 7.51. The minimum absolute atomic E-state index is 0.719. The first-order valence-corrected chi connectivity index (χ1v) is 7.29. The monoisotopic (exact) mass is 262 g/mol. The molecule has 2 heterocycles. The molecule has 0 amide bonds. The van der Waals surface area contributed by atoms with Crippen molar-refractivity contribution in [1.29, 1.82) is 0 Å². The lowest BCUT2D eigenvalue weighted by molar-refractivity contribution is -0.101. The Morgan fingerprint density at radius 1 is 1.42 bits per heavy atom. The van der Waals surface area contributed by atoms with Gasteiger partial charge in [0.05, 0.1) is 19.3 Å². The predicted molar refractivity (Wildman–Crippen MR) is 80.0 cm³/mol. The highest BCUT2D eigenvalue weighted by Crippen LogP contribution is 2.24. The summed E-state index contributed by atoms with van der Waals surface area (Å²) in [6.45, 7) is 11.2. The molecule has 2 aliphatic rings. The van der Waals surface area contributed by atoms with Gasteiger partial charge in [0.25, 0.3) is 0 Å². The molecule has 0 bridgehead atoms. The van der Waals surface area contributed by atoms with Crippen molar-refractivity contribution in [3.8, 4) is 0 Å². The van der Waals surface area contributed by atoms with Crippen LogP contribution in [-0.2, 0) is 4.74 Å². The smallest absolute Gasteiger partial charge is 0.0645 e. The molecular formula is C16H26N2O. The Hall–Kier alpha value is -1.06. The lowest BCUT2D eigenvalue weighted by Crippen LogP contribution is -2.58. The summed E-state index contributed by atoms with van der Waals surface area (Å²) < 4.78 is 5.22. The van der Waals surface area contributed by atoms with Gasteiger partial charge in [0.1, 0.15) is 0 Å². The summed E-state index contributed by atoms with van der Waals surface area (Å²) in [5, 5.41) is 3.35. The van der Waals surface area contributed by atoms with Crippen molar-refractivity contribution in [3.63, 3.8) is 0 Å². The molecule has 2 fully saturated rings. The van der Waals surface area contributed by atoms with Crippen molar-refractivity contribution in [2.45, 2.75) is 25.8 Å². The standard InChI is InChI=1S/C16H26N2O/c1-3-4-9-17-14(2)7-5-6-8-15-10-18(11-15)16-12-19-13-16/h3,5-7,15-17H,1,4,8-13H2,2H3/b6-5-,14-7+. The molecule has 0 spiro atoms. The highest BCUT2D eigenvalue weighted by Gasteiger charge is 2.34. The third-order valence-corrected chi connectivity index (χ3v) is 3.83. The maximum absolute atomic E-state index is 5.22. The van der Waals surface area contributed by atoms with Crippen molar-refractivity contribution in [3.05, 3.63) is 36.6 Å². The summed E-state index contributed by atoms with van der Waals surface area (Å²) >= 11 is 0. The van der Waals surface area contributed by atoms with Crippen LogP contribution >= 0.6 is 0 Å². The van der Waals surface area contributed by atoms with Crippen LogP contribution in [0.25, 0.3) is 0 Å². The molecule has 0 radical (unpaired) electrons. The SMILES string of the molecule is C=CCCN/C(C)=C/C=C\CC1CN(C2COC2)C1. The fourth-order valence-corrected chi connectivity index (χ4v) is 2.40. The van der Waals surface area contributed by atoms with Crippen LogP contribution in [0.4, 0.5) is 0 Å². The van der Waals surface area contributed by atoms with E-state index in [4.69, 9.17) is 4.74 Å². The first-order chi connectivity index (χ1) is 9.29. The van der Waals surface area contributed by atoms with E-state index in [1.54, 1.807) is 0 Å². The van der Waals surface area contributed by atoms with Crippen molar-refractivity contribution in [2.24, 2.45) is 5.92 Å². The molecule has 3 heteroatoms. The number of nitrogens with one attached hydrogen (secondary N) is 1. The van der Waals surface area contributed by atoms with Crippen LogP contribution in [0.15, 0.2) is 36.6 Å². The van der Waals surface area contributed by atoms with Gasteiger partial charge >= 0.3 is 0 Å². The number of hydrogen-bond acceptors (Lipinski definition) is 3. The Balaban J connectivity index is 1.54. The van der Waals surface area contributed by atoms with E-state index < -0.39 is 0 Å². The van der Waals surface area contributed by atoms with Crippen LogP contribution in [-0.4, -0.2) is 43.8 Å². The third-order valence-electron chi connectivity index (χ3n) is 3.83. The van der Waals surface area contributed by atoms with Crippen LogP contribution in [0.5, 0.6) is 0 Å². The Kier molecular flexibility index (Phi) is 5.67. The predicted octanol–water partition coefficient (Wildman–Crippen LogP) is 2.33. The Morgan fingerprint density at radius 2 is 2.21 bits per heavy atom. The first kappa shape index (κ1) is 14.4. The van der Waals surface area contributed by atoms with Crippen molar-refractivity contribution in [1.82, 2.24) is 10.2 Å². The van der Waals surface area contributed by atoms with E-state index in [0.717, 1.165) is 38.1 Å². The molecule has 0 aliphatic carbocycles. The highest BCUT2D eigenvalue weighted by molar-refractivity contribution is 5.09. The Labute approximate surface area is 117 Å². The highest BCUT2D eigenvalue weighted by atomic mass is 16.5. The van der Waals surface area contributed by atoms with Crippen molar-refractivity contribution >= 4 is 0 Å². The average Bonchev–Trinajstić information content (AvgIpc) is 2.28. The molecule has 0 unspecified atom stereocenters. The van der Waals surface area contributed by atoms with Crippen LogP contribution in [0.1, 0.15) is 19.8 Å². The molecule has 0 saturated carbocycles. The van der Waals surface area contributed by atoms with Crippen LogP contribution in [0.3, 0.4) is 0 Å². The molecule has 2 aliphatic heterocycles. The van der Waals surface area contributed by atoms with E-state index in [2.05, 4.69) is 41.9 Å². The normalized spacial score (nSPS) is 22.3. The first-order valence-electron chi connectivity index (χ1n) is 7.29. The van der Waals surface area contributed by atoms with Gasteiger partial charge in [0, 0.05) is 25.3 Å². The summed E-state index contributed by atoms with van der Waals surface area (Å²) in [6.07, 6.45) is 10.8. The van der Waals surface area contributed by atoms with Crippen molar-refractivity contribution in [2.75, 3.05) is 32.8 Å². The number of rotatable bonds is 8. The minimum atomic E-state index is 0.719. The molecule has 0 aromatic heterocycles. The maximum atomic E-state index is 5.22. The summed E-state index contributed by atoms with van der Waals surface area (Å²) in [4.78, 5) is 2.54. The van der Waals surface area contributed by atoms with E-state index in [1.165, 1.54) is 25.2 Å². The largest absolute Gasteiger partial charge is 0.388 e. The van der Waals surface area contributed by atoms with E-state index in [0.29, 0.717) is 0 Å². The molecular weight excluding hydrogens is 236 g/mol.